The zero-order valence-corrected chi connectivity index (χ0v) is 13.6. The summed E-state index contributed by atoms with van der Waals surface area (Å²) in [7, 11) is 2.50. The first-order valence-electron chi connectivity index (χ1n) is 7.69. The van der Waals surface area contributed by atoms with Crippen molar-refractivity contribution in [3.8, 4) is 0 Å². The molecule has 0 aliphatic carbocycles. The van der Waals surface area contributed by atoms with Crippen LogP contribution in [0.25, 0.3) is 0 Å². The van der Waals surface area contributed by atoms with Gasteiger partial charge < -0.3 is 4.48 Å². The highest BCUT2D eigenvalue weighted by Crippen LogP contribution is 2.42. The van der Waals surface area contributed by atoms with Gasteiger partial charge in [-0.05, 0) is 54.5 Å². The molecule has 0 saturated carbocycles. The predicted molar refractivity (Wildman–Crippen MR) is 78.7 cm³/mol. The lowest BCUT2D eigenvalue weighted by atomic mass is 9.89. The highest BCUT2D eigenvalue weighted by molar-refractivity contribution is 4.96. The highest BCUT2D eigenvalue weighted by atomic mass is 15.5. The first kappa shape index (κ1) is 14.3. The summed E-state index contributed by atoms with van der Waals surface area (Å²) in [6.45, 7) is 17.1. The quantitative estimate of drug-likeness (QED) is 0.599. The molecule has 0 amide bonds. The van der Waals surface area contributed by atoms with Gasteiger partial charge in [-0.2, -0.15) is 0 Å². The second-order valence-corrected chi connectivity index (χ2v) is 8.59. The fourth-order valence-corrected chi connectivity index (χ4v) is 4.28. The van der Waals surface area contributed by atoms with Crippen molar-refractivity contribution in [3.63, 3.8) is 0 Å². The Hall–Kier alpha value is -0.0800. The van der Waals surface area contributed by atoms with Crippen LogP contribution in [0.2, 0.25) is 0 Å². The van der Waals surface area contributed by atoms with Crippen molar-refractivity contribution in [2.45, 2.75) is 84.0 Å². The molecule has 2 heteroatoms. The minimum Gasteiger partial charge on any atom is -0.318 e. The van der Waals surface area contributed by atoms with Crippen LogP contribution in [0.5, 0.6) is 0 Å². The molecule has 0 aromatic carbocycles. The second kappa shape index (κ2) is 4.21. The molecular weight excluding hydrogens is 220 g/mol. The first-order valence-corrected chi connectivity index (χ1v) is 7.69. The standard InChI is InChI=1S/C16H33N2/c1-15(2,3)17-11-8-9-14-13(17)10-12-18(14,7)16(4,5)6/h13-14H,8-12H2,1-7H3/q+1. The number of fused-ring (bicyclic) bond motifs is 1. The molecule has 2 saturated heterocycles. The summed E-state index contributed by atoms with van der Waals surface area (Å²) in [5, 5.41) is 0. The highest BCUT2D eigenvalue weighted by Gasteiger charge is 2.55. The molecule has 0 aromatic rings. The van der Waals surface area contributed by atoms with Gasteiger partial charge in [-0.15, -0.1) is 0 Å². The molecule has 2 fully saturated rings. The maximum atomic E-state index is 2.79. The molecule has 3 unspecified atom stereocenters. The van der Waals surface area contributed by atoms with E-state index in [1.54, 1.807) is 0 Å². The Morgan fingerprint density at radius 1 is 1.00 bits per heavy atom. The Bertz CT molecular complexity index is 310. The summed E-state index contributed by atoms with van der Waals surface area (Å²) in [5.74, 6) is 0. The van der Waals surface area contributed by atoms with Crippen LogP contribution in [-0.2, 0) is 0 Å². The molecule has 2 nitrogen and oxygen atoms in total. The van der Waals surface area contributed by atoms with Gasteiger partial charge in [0, 0.05) is 18.4 Å². The van der Waals surface area contributed by atoms with Gasteiger partial charge in [0.2, 0.25) is 0 Å². The normalized spacial score (nSPS) is 38.8. The molecule has 0 bridgehead atoms. The Balaban J connectivity index is 2.27. The third kappa shape index (κ3) is 2.12. The van der Waals surface area contributed by atoms with E-state index in [1.807, 2.05) is 0 Å². The van der Waals surface area contributed by atoms with E-state index in [0.717, 1.165) is 12.1 Å². The molecule has 2 aliphatic heterocycles. The van der Waals surface area contributed by atoms with Crippen LogP contribution in [0.4, 0.5) is 0 Å². The molecule has 0 spiro atoms. The van der Waals surface area contributed by atoms with E-state index in [0.29, 0.717) is 11.1 Å². The molecular formula is C16H33N2+. The lowest BCUT2D eigenvalue weighted by Crippen LogP contribution is -2.66. The minimum absolute atomic E-state index is 0.330. The topological polar surface area (TPSA) is 3.24 Å². The molecule has 18 heavy (non-hydrogen) atoms. The van der Waals surface area contributed by atoms with Crippen LogP contribution in [0, 0.1) is 0 Å². The summed E-state index contributed by atoms with van der Waals surface area (Å²) < 4.78 is 1.27. The number of hydrogen-bond donors (Lipinski definition) is 0. The third-order valence-electron chi connectivity index (χ3n) is 5.76. The number of likely N-dealkylation sites (N-methyl/N-ethyl adjacent to an activating group) is 1. The van der Waals surface area contributed by atoms with Crippen molar-refractivity contribution in [1.29, 1.82) is 0 Å². The van der Waals surface area contributed by atoms with E-state index < -0.39 is 0 Å². The molecule has 0 N–H and O–H groups in total. The third-order valence-corrected chi connectivity index (χ3v) is 5.76. The van der Waals surface area contributed by atoms with Gasteiger partial charge in [-0.25, -0.2) is 0 Å². The van der Waals surface area contributed by atoms with Crippen molar-refractivity contribution >= 4 is 0 Å². The van der Waals surface area contributed by atoms with Crippen LogP contribution >= 0.6 is 0 Å². The van der Waals surface area contributed by atoms with Crippen molar-refractivity contribution in [1.82, 2.24) is 4.90 Å². The summed E-state index contributed by atoms with van der Waals surface area (Å²) in [6.07, 6.45) is 4.18. The van der Waals surface area contributed by atoms with Crippen LogP contribution < -0.4 is 0 Å². The lowest BCUT2D eigenvalue weighted by molar-refractivity contribution is -0.965. The van der Waals surface area contributed by atoms with Gasteiger partial charge in [0.25, 0.3) is 0 Å². The van der Waals surface area contributed by atoms with Gasteiger partial charge in [0.1, 0.15) is 6.04 Å². The van der Waals surface area contributed by atoms with E-state index in [9.17, 15) is 0 Å². The first-order chi connectivity index (χ1) is 8.07. The van der Waals surface area contributed by atoms with Gasteiger partial charge in [-0.1, -0.05) is 0 Å². The van der Waals surface area contributed by atoms with Crippen molar-refractivity contribution in [3.05, 3.63) is 0 Å². The SMILES string of the molecule is CC(C)(C)N1CCCC2C1CC[N+]2(C)C(C)(C)C. The zero-order valence-electron chi connectivity index (χ0n) is 13.6. The minimum atomic E-state index is 0.330. The fraction of sp³-hybridized carbons (Fsp3) is 1.00. The molecule has 106 valence electrons. The van der Waals surface area contributed by atoms with Crippen LogP contribution in [-0.4, -0.2) is 52.7 Å². The number of quaternary nitrogens is 1. The number of likely N-dealkylation sites (tertiary alicyclic amines) is 2. The van der Waals surface area contributed by atoms with Gasteiger partial charge in [0.15, 0.2) is 0 Å². The number of nitrogens with zero attached hydrogens (tertiary/aromatic N) is 2. The average Bonchev–Trinajstić information content (AvgIpc) is 2.56. The Labute approximate surface area is 114 Å². The van der Waals surface area contributed by atoms with Crippen LogP contribution in [0.3, 0.4) is 0 Å². The maximum Gasteiger partial charge on any atom is 0.105 e. The van der Waals surface area contributed by atoms with E-state index in [2.05, 4.69) is 53.5 Å². The number of hydrogen-bond acceptors (Lipinski definition) is 1. The van der Waals surface area contributed by atoms with Crippen molar-refractivity contribution < 1.29 is 4.48 Å². The van der Waals surface area contributed by atoms with Crippen LogP contribution in [0.15, 0.2) is 0 Å². The second-order valence-electron chi connectivity index (χ2n) is 8.59. The molecule has 0 radical (unpaired) electrons. The summed E-state index contributed by atoms with van der Waals surface area (Å²) >= 11 is 0. The van der Waals surface area contributed by atoms with Crippen molar-refractivity contribution in [2.75, 3.05) is 20.1 Å². The fourth-order valence-electron chi connectivity index (χ4n) is 4.28. The molecule has 0 aromatic heterocycles. The molecule has 3 atom stereocenters. The van der Waals surface area contributed by atoms with Crippen molar-refractivity contribution in [2.24, 2.45) is 0 Å². The van der Waals surface area contributed by atoms with Gasteiger partial charge >= 0.3 is 0 Å². The molecule has 2 rings (SSSR count). The van der Waals surface area contributed by atoms with Gasteiger partial charge in [0.05, 0.1) is 25.2 Å². The molecule has 2 aliphatic rings. The van der Waals surface area contributed by atoms with Crippen LogP contribution in [0.1, 0.15) is 60.8 Å². The van der Waals surface area contributed by atoms with E-state index in [4.69, 9.17) is 0 Å². The van der Waals surface area contributed by atoms with E-state index >= 15 is 0 Å². The number of piperidine rings is 1. The Kier molecular flexibility index (Phi) is 3.35. The monoisotopic (exact) mass is 253 g/mol. The largest absolute Gasteiger partial charge is 0.318 e. The predicted octanol–water partition coefficient (Wildman–Crippen LogP) is 3.27. The zero-order chi connectivity index (χ0) is 13.8. The average molecular weight is 253 g/mol. The molecule has 2 heterocycles. The lowest BCUT2D eigenvalue weighted by Gasteiger charge is -2.52. The maximum absolute atomic E-state index is 2.79. The smallest absolute Gasteiger partial charge is 0.105 e. The number of rotatable bonds is 0. The van der Waals surface area contributed by atoms with E-state index in [1.165, 1.54) is 36.8 Å². The van der Waals surface area contributed by atoms with Gasteiger partial charge in [-0.3, -0.25) is 4.90 Å². The Morgan fingerprint density at radius 3 is 2.11 bits per heavy atom. The van der Waals surface area contributed by atoms with E-state index in [-0.39, 0.29) is 0 Å². The summed E-state index contributed by atoms with van der Waals surface area (Å²) in [6, 6.07) is 1.65. The summed E-state index contributed by atoms with van der Waals surface area (Å²) in [5.41, 5.74) is 0.705. The summed E-state index contributed by atoms with van der Waals surface area (Å²) in [4.78, 5) is 2.79. The Morgan fingerprint density at radius 2 is 1.61 bits per heavy atom.